The average Bonchev–Trinajstić information content (AvgIpc) is 2.60. The number of benzene rings is 2. The number of nitriles is 1. The van der Waals surface area contributed by atoms with Gasteiger partial charge in [-0.3, -0.25) is 4.55 Å². The van der Waals surface area contributed by atoms with Crippen molar-refractivity contribution in [1.29, 1.82) is 5.26 Å². The highest BCUT2D eigenvalue weighted by molar-refractivity contribution is 7.85. The van der Waals surface area contributed by atoms with E-state index in [-0.39, 0.29) is 0 Å². The zero-order chi connectivity index (χ0) is 19.4. The summed E-state index contributed by atoms with van der Waals surface area (Å²) in [5, 5.41) is 12.2. The van der Waals surface area contributed by atoms with E-state index >= 15 is 0 Å². The van der Waals surface area contributed by atoms with Crippen LogP contribution in [0.15, 0.2) is 60.7 Å². The Morgan fingerprint density at radius 3 is 2.48 bits per heavy atom. The first-order valence-corrected chi connectivity index (χ1v) is 9.74. The van der Waals surface area contributed by atoms with Gasteiger partial charge in [0.25, 0.3) is 10.1 Å². The van der Waals surface area contributed by atoms with Crippen molar-refractivity contribution >= 4 is 21.6 Å². The van der Waals surface area contributed by atoms with Crippen LogP contribution in [0.4, 0.5) is 11.5 Å². The number of rotatable bonds is 5. The Bertz CT molecular complexity index is 1120. The van der Waals surface area contributed by atoms with Gasteiger partial charge in [-0.2, -0.15) is 13.7 Å². The topological polar surface area (TPSA) is 103 Å². The van der Waals surface area contributed by atoms with Crippen LogP contribution in [0, 0.1) is 18.3 Å². The number of aromatic nitrogens is 1. The number of hydrogen-bond donors (Lipinski definition) is 2. The van der Waals surface area contributed by atoms with Crippen molar-refractivity contribution in [3.63, 3.8) is 0 Å². The van der Waals surface area contributed by atoms with Gasteiger partial charge in [0.2, 0.25) is 0 Å². The predicted octanol–water partition coefficient (Wildman–Crippen LogP) is 4.06. The normalized spacial score (nSPS) is 11.0. The van der Waals surface area contributed by atoms with Gasteiger partial charge < -0.3 is 5.32 Å². The highest BCUT2D eigenvalue weighted by Gasteiger charge is 2.11. The molecule has 136 valence electrons. The van der Waals surface area contributed by atoms with Crippen LogP contribution in [-0.2, 0) is 15.9 Å². The third kappa shape index (κ3) is 4.91. The van der Waals surface area contributed by atoms with Crippen molar-refractivity contribution < 1.29 is 13.0 Å². The summed E-state index contributed by atoms with van der Waals surface area (Å²) in [4.78, 5) is 4.39. The fourth-order valence-electron chi connectivity index (χ4n) is 2.80. The fourth-order valence-corrected chi connectivity index (χ4v) is 3.39. The van der Waals surface area contributed by atoms with Crippen molar-refractivity contribution in [3.05, 3.63) is 77.5 Å². The highest BCUT2D eigenvalue weighted by Crippen LogP contribution is 2.30. The number of aryl methyl sites for hydroxylation is 1. The molecule has 1 heterocycles. The number of anilines is 2. The Balaban J connectivity index is 1.96. The van der Waals surface area contributed by atoms with Crippen LogP contribution in [-0.4, -0.2) is 18.0 Å². The van der Waals surface area contributed by atoms with Crippen LogP contribution in [0.1, 0.15) is 16.8 Å². The van der Waals surface area contributed by atoms with Crippen molar-refractivity contribution in [3.8, 4) is 17.2 Å². The van der Waals surface area contributed by atoms with Crippen LogP contribution in [0.3, 0.4) is 0 Å². The van der Waals surface area contributed by atoms with Gasteiger partial charge in [0.05, 0.1) is 11.6 Å². The lowest BCUT2D eigenvalue weighted by Crippen LogP contribution is -2.04. The summed E-state index contributed by atoms with van der Waals surface area (Å²) in [5.41, 5.74) is 4.31. The van der Waals surface area contributed by atoms with Gasteiger partial charge in [0.15, 0.2) is 0 Å². The molecule has 0 radical (unpaired) electrons. The monoisotopic (exact) mass is 379 g/mol. The lowest BCUT2D eigenvalue weighted by Gasteiger charge is -2.13. The van der Waals surface area contributed by atoms with E-state index in [1.54, 1.807) is 31.2 Å². The van der Waals surface area contributed by atoms with Crippen molar-refractivity contribution in [2.24, 2.45) is 0 Å². The van der Waals surface area contributed by atoms with Crippen molar-refractivity contribution in [2.75, 3.05) is 5.32 Å². The molecule has 3 aromatic rings. The van der Waals surface area contributed by atoms with Crippen LogP contribution < -0.4 is 5.32 Å². The maximum Gasteiger partial charge on any atom is 0.269 e. The molecule has 27 heavy (non-hydrogen) atoms. The molecule has 0 aliphatic carbocycles. The molecule has 0 atom stereocenters. The third-order valence-electron chi connectivity index (χ3n) is 3.88. The zero-order valence-corrected chi connectivity index (χ0v) is 15.4. The largest absolute Gasteiger partial charge is 0.340 e. The molecule has 1 aromatic heterocycles. The SMILES string of the molecule is Cc1cc(CS(=O)(=O)O)cc(Nc2ccccc2-c2ccc(C#N)cc2)n1. The minimum atomic E-state index is -4.12. The van der Waals surface area contributed by atoms with Gasteiger partial charge in [0.1, 0.15) is 11.6 Å². The second-order valence-electron chi connectivity index (χ2n) is 6.09. The molecule has 0 aliphatic rings. The second kappa shape index (κ2) is 7.58. The summed E-state index contributed by atoms with van der Waals surface area (Å²) < 4.78 is 31.4. The quantitative estimate of drug-likeness (QED) is 0.648. The van der Waals surface area contributed by atoms with E-state index in [0.29, 0.717) is 22.6 Å². The van der Waals surface area contributed by atoms with E-state index in [2.05, 4.69) is 16.4 Å². The lowest BCUT2D eigenvalue weighted by atomic mass is 10.0. The number of hydrogen-bond acceptors (Lipinski definition) is 5. The van der Waals surface area contributed by atoms with E-state index in [4.69, 9.17) is 9.81 Å². The molecule has 0 amide bonds. The number of nitrogens with one attached hydrogen (secondary N) is 1. The van der Waals surface area contributed by atoms with Gasteiger partial charge in [-0.05, 0) is 48.4 Å². The van der Waals surface area contributed by atoms with E-state index in [0.717, 1.165) is 16.8 Å². The van der Waals surface area contributed by atoms with Gasteiger partial charge >= 0.3 is 0 Å². The van der Waals surface area contributed by atoms with Crippen LogP contribution in [0.5, 0.6) is 0 Å². The average molecular weight is 379 g/mol. The summed E-state index contributed by atoms with van der Waals surface area (Å²) >= 11 is 0. The Hall–Kier alpha value is -3.21. The molecule has 2 N–H and O–H groups in total. The summed E-state index contributed by atoms with van der Waals surface area (Å²) in [7, 11) is -4.12. The van der Waals surface area contributed by atoms with E-state index < -0.39 is 15.9 Å². The number of para-hydroxylation sites is 1. The van der Waals surface area contributed by atoms with Crippen LogP contribution >= 0.6 is 0 Å². The van der Waals surface area contributed by atoms with Gasteiger partial charge in [-0.15, -0.1) is 0 Å². The molecular formula is C20H17N3O3S. The second-order valence-corrected chi connectivity index (χ2v) is 7.54. The Kier molecular flexibility index (Phi) is 5.21. The number of pyridine rings is 1. The van der Waals surface area contributed by atoms with Gasteiger partial charge in [-0.25, -0.2) is 4.98 Å². The van der Waals surface area contributed by atoms with E-state index in [9.17, 15) is 8.42 Å². The first-order chi connectivity index (χ1) is 12.8. The van der Waals surface area contributed by atoms with Gasteiger partial charge in [-0.1, -0.05) is 30.3 Å². The standard InChI is InChI=1S/C20H17N3O3S/c1-14-10-16(13-27(24,25)26)11-20(22-14)23-19-5-3-2-4-18(19)17-8-6-15(12-21)7-9-17/h2-11H,13H2,1H3,(H,22,23)(H,24,25,26). The first-order valence-electron chi connectivity index (χ1n) is 8.13. The molecule has 3 rings (SSSR count). The smallest absolute Gasteiger partial charge is 0.269 e. The van der Waals surface area contributed by atoms with Gasteiger partial charge in [0, 0.05) is 16.9 Å². The Morgan fingerprint density at radius 1 is 1.11 bits per heavy atom. The Labute approximate surface area is 157 Å². The predicted molar refractivity (Wildman–Crippen MR) is 104 cm³/mol. The van der Waals surface area contributed by atoms with Crippen LogP contribution in [0.25, 0.3) is 11.1 Å². The summed E-state index contributed by atoms with van der Waals surface area (Å²) in [5.74, 6) is 0.0113. The molecule has 0 fully saturated rings. The molecular weight excluding hydrogens is 362 g/mol. The molecule has 0 saturated heterocycles. The van der Waals surface area contributed by atoms with Crippen molar-refractivity contribution in [2.45, 2.75) is 12.7 Å². The van der Waals surface area contributed by atoms with Crippen molar-refractivity contribution in [1.82, 2.24) is 4.98 Å². The molecule has 7 heteroatoms. The van der Waals surface area contributed by atoms with E-state index in [1.165, 1.54) is 0 Å². The van der Waals surface area contributed by atoms with E-state index in [1.807, 2.05) is 36.4 Å². The Morgan fingerprint density at radius 2 is 1.81 bits per heavy atom. The molecule has 6 nitrogen and oxygen atoms in total. The first kappa shape index (κ1) is 18.6. The maximum absolute atomic E-state index is 11.2. The summed E-state index contributed by atoms with van der Waals surface area (Å²) in [6.45, 7) is 1.76. The number of nitrogens with zero attached hydrogens (tertiary/aromatic N) is 2. The highest BCUT2D eigenvalue weighted by atomic mass is 32.2. The molecule has 0 aliphatic heterocycles. The molecule has 0 unspecified atom stereocenters. The van der Waals surface area contributed by atoms with Crippen LogP contribution in [0.2, 0.25) is 0 Å². The summed E-state index contributed by atoms with van der Waals surface area (Å²) in [6.07, 6.45) is 0. The lowest BCUT2D eigenvalue weighted by molar-refractivity contribution is 0.482. The minimum Gasteiger partial charge on any atom is -0.340 e. The summed E-state index contributed by atoms with van der Waals surface area (Å²) in [6, 6.07) is 20.2. The fraction of sp³-hybridized carbons (Fsp3) is 0.100. The third-order valence-corrected chi connectivity index (χ3v) is 4.58. The maximum atomic E-state index is 11.2. The zero-order valence-electron chi connectivity index (χ0n) is 14.5. The minimum absolute atomic E-state index is 0.448. The molecule has 0 spiro atoms. The molecule has 0 saturated carbocycles. The molecule has 2 aromatic carbocycles. The molecule has 0 bridgehead atoms.